The largest absolute Gasteiger partial charge is 0.508 e. The summed E-state index contributed by atoms with van der Waals surface area (Å²) in [6.45, 7) is 13.5. The second kappa shape index (κ2) is 51.0. The summed E-state index contributed by atoms with van der Waals surface area (Å²) >= 11 is 1.38. The van der Waals surface area contributed by atoms with Gasteiger partial charge < -0.3 is 117 Å². The molecule has 3 aromatic carbocycles. The van der Waals surface area contributed by atoms with Gasteiger partial charge in [0, 0.05) is 57.0 Å². The van der Waals surface area contributed by atoms with E-state index in [9.17, 15) is 97.1 Å². The van der Waals surface area contributed by atoms with E-state index in [2.05, 4.69) is 79.1 Å². The Morgan fingerprint density at radius 3 is 1.34 bits per heavy atom. The Hall–Kier alpha value is -12.3. The monoisotopic (exact) mass is 1750 g/mol. The molecule has 41 heteroatoms. The molecule has 16 amide bonds. The van der Waals surface area contributed by atoms with Crippen molar-refractivity contribution in [3.63, 3.8) is 0 Å². The number of aromatic nitrogens is 2. The number of nitrogens with zero attached hydrogens (tertiary/aromatic N) is 2. The van der Waals surface area contributed by atoms with Crippen LogP contribution in [0.3, 0.4) is 0 Å². The maximum atomic E-state index is 15.2. The zero-order chi connectivity index (χ0) is 92.2. The first-order chi connectivity index (χ1) is 58.7. The number of H-pyrrole nitrogens is 1. The molecule has 0 aliphatic carbocycles. The van der Waals surface area contributed by atoms with Gasteiger partial charge in [-0.2, -0.15) is 11.8 Å². The number of phenolic OH excluding ortho intramolecular Hbond substituents is 2. The molecule has 2 heterocycles. The molecule has 680 valence electrons. The quantitative estimate of drug-likeness (QED) is 0.0213. The van der Waals surface area contributed by atoms with Gasteiger partial charge in [-0.3, -0.25) is 76.7 Å². The number of aliphatic carboxylic acids is 1. The minimum atomic E-state index is -1.71. The summed E-state index contributed by atoms with van der Waals surface area (Å²) in [5, 5.41) is 73.2. The van der Waals surface area contributed by atoms with Crippen LogP contribution in [0.25, 0.3) is 0 Å². The van der Waals surface area contributed by atoms with Crippen LogP contribution in [0.5, 0.6) is 11.5 Å². The number of phenols is 2. The number of aromatic hydroxyl groups is 2. The third-order valence-corrected chi connectivity index (χ3v) is 21.6. The number of carboxylic acid groups (broad SMARTS) is 1. The number of hydrogen-bond donors (Lipinski definition) is 21. The average molecular weight is 1750 g/mol. The Labute approximate surface area is 723 Å². The van der Waals surface area contributed by atoms with Gasteiger partial charge in [0.05, 0.1) is 12.9 Å². The predicted octanol–water partition coefficient (Wildman–Crippen LogP) is -2.73. The van der Waals surface area contributed by atoms with E-state index in [1.165, 1.54) is 93.6 Å². The second-order valence-electron chi connectivity index (χ2n) is 31.4. The molecular formula is C83H121N19O21S. The highest BCUT2D eigenvalue weighted by Gasteiger charge is 2.43. The Morgan fingerprint density at radius 2 is 0.871 bits per heavy atom. The van der Waals surface area contributed by atoms with Crippen molar-refractivity contribution in [1.29, 1.82) is 0 Å². The number of carbonyl (C=O) groups excluding carboxylic acids is 16. The van der Waals surface area contributed by atoms with Crippen LogP contribution >= 0.6 is 11.8 Å². The molecule has 0 bridgehead atoms. The van der Waals surface area contributed by atoms with Gasteiger partial charge in [0.2, 0.25) is 94.5 Å². The fraction of sp³-hybridized carbons (Fsp3) is 0.542. The fourth-order valence-corrected chi connectivity index (χ4v) is 13.7. The molecule has 0 saturated carbocycles. The van der Waals surface area contributed by atoms with E-state index in [1.54, 1.807) is 78.1 Å². The maximum Gasteiger partial charge on any atom is 0.326 e. The molecule has 1 aromatic heterocycles. The number of nitrogens with one attached hydrogen (secondary N) is 14. The zero-order valence-electron chi connectivity index (χ0n) is 71.3. The van der Waals surface area contributed by atoms with Gasteiger partial charge in [0.15, 0.2) is 0 Å². The molecule has 0 spiro atoms. The van der Waals surface area contributed by atoms with E-state index in [-0.39, 0.29) is 75.3 Å². The van der Waals surface area contributed by atoms with Gasteiger partial charge in [0.25, 0.3) is 0 Å². The first-order valence-electron chi connectivity index (χ1n) is 41.1. The van der Waals surface area contributed by atoms with Crippen molar-refractivity contribution in [1.82, 2.24) is 84.0 Å². The summed E-state index contributed by atoms with van der Waals surface area (Å²) < 4.78 is 0. The van der Waals surface area contributed by atoms with Crippen molar-refractivity contribution in [2.45, 2.75) is 243 Å². The van der Waals surface area contributed by atoms with Gasteiger partial charge in [0.1, 0.15) is 102 Å². The van der Waals surface area contributed by atoms with E-state index < -0.39 is 235 Å². The maximum absolute atomic E-state index is 15.2. The number of nitrogens with two attached hydrogens (primary N) is 3. The predicted molar refractivity (Wildman–Crippen MR) is 454 cm³/mol. The van der Waals surface area contributed by atoms with Crippen LogP contribution < -0.4 is 86.3 Å². The van der Waals surface area contributed by atoms with Crippen LogP contribution in [0, 0.1) is 17.8 Å². The molecule has 24 N–H and O–H groups in total. The molecule has 4 aromatic rings. The Bertz CT molecular complexity index is 4300. The molecule has 1 fully saturated rings. The van der Waals surface area contributed by atoms with Crippen LogP contribution in [0.1, 0.15) is 149 Å². The lowest BCUT2D eigenvalue weighted by molar-refractivity contribution is -0.142. The number of thioether (sulfide) groups is 1. The SMILES string of the molecule is CC[C@H](C)[C@H](NC(=O)[C@H](Cc1ccccc1)NC(=O)[C@H](CCC(N)=O)NC(=O)[C@H](CCC(N)=O)NC(=O)[C@@H]1CCCN1C(=O)[C@H](Cc1cnc[nH]1)NC(=O)[C@H](Cc1ccc(O)cc1)NC(=O)[C@H](C)NC(=O)[C@H](C)NC(=O)[C@H](CC(C)C)NC(=O)[C@@H](NC(=O)[C@H](CCSC)NC(=O)[C@H](C)NC(=O)[C@@H](N)CO)[C@@H](C)CC)C(=O)N[C@@H](Cc1ccc(O)cc1)C(=O)O. The van der Waals surface area contributed by atoms with Crippen molar-refractivity contribution >= 4 is 112 Å². The minimum Gasteiger partial charge on any atom is -0.508 e. The van der Waals surface area contributed by atoms with Crippen molar-refractivity contribution < 1.29 is 102 Å². The number of aromatic amines is 1. The minimum absolute atomic E-state index is 0.0261. The number of carboxylic acids is 1. The van der Waals surface area contributed by atoms with Crippen LogP contribution in [-0.2, 0) is 107 Å². The fourth-order valence-electron chi connectivity index (χ4n) is 13.2. The van der Waals surface area contributed by atoms with E-state index in [0.717, 1.165) is 4.90 Å². The van der Waals surface area contributed by atoms with Crippen molar-refractivity contribution in [2.75, 3.05) is 25.2 Å². The van der Waals surface area contributed by atoms with Crippen molar-refractivity contribution in [3.8, 4) is 11.5 Å². The summed E-state index contributed by atoms with van der Waals surface area (Å²) in [5.74, 6) is -16.9. The lowest BCUT2D eigenvalue weighted by atomic mass is 9.96. The number of benzene rings is 3. The van der Waals surface area contributed by atoms with E-state index >= 15 is 4.79 Å². The third kappa shape index (κ3) is 33.5. The number of hydrogen-bond acceptors (Lipinski definition) is 23. The molecule has 124 heavy (non-hydrogen) atoms. The normalized spacial score (nSPS) is 16.3. The number of rotatable bonds is 52. The lowest BCUT2D eigenvalue weighted by Gasteiger charge is -2.31. The van der Waals surface area contributed by atoms with Gasteiger partial charge in [-0.05, 0) is 130 Å². The lowest BCUT2D eigenvalue weighted by Crippen LogP contribution is -2.61. The van der Waals surface area contributed by atoms with E-state index in [0.29, 0.717) is 41.0 Å². The average Bonchev–Trinajstić information content (AvgIpc) is 1.60. The number of amides is 16. The van der Waals surface area contributed by atoms with Crippen molar-refractivity contribution in [3.05, 3.63) is 114 Å². The highest BCUT2D eigenvalue weighted by Crippen LogP contribution is 2.23. The highest BCUT2D eigenvalue weighted by atomic mass is 32.2. The standard InChI is InChI=1S/C83H121N19O21S/c1-11-44(5)67(100-75(114)58(32-34-124-10)92-70(109)48(9)90-72(111)55(84)41-103)80(119)97-59(35-43(3)4)76(115)91-46(7)69(108)89-47(8)71(110)95-60(37-50-20-24-53(104)25-21-50)77(116)98-62(39-52-40-87-42-88-52)82(121)102-33-16-19-64(102)79(118)94-57(29-31-66(86)107)73(112)93-56(28-30-65(85)106)74(113)96-61(36-49-17-14-13-15-18-49)78(117)101-68(45(6)12-2)81(120)99-63(83(122)123)38-51-22-26-54(105)27-23-51/h13-15,17-18,20-27,40,42-48,55-64,67-68,103-105H,11-12,16,19,28-39,41,84H2,1-10H3,(H2,85,106)(H2,86,107)(H,87,88)(H,89,108)(H,90,111)(H,91,115)(H,92,109)(H,93,112)(H,94,118)(H,95,110)(H,96,113)(H,97,119)(H,98,116)(H,99,120)(H,100,114)(H,101,117)(H,122,123)/t44-,45-,46-,47-,48-,55-,56-,57-,58-,59-,60-,61-,62-,63-,64-,67-,68-/m0/s1. The zero-order valence-corrected chi connectivity index (χ0v) is 72.2. The number of carbonyl (C=O) groups is 17. The first-order valence-corrected chi connectivity index (χ1v) is 42.5. The molecule has 0 unspecified atom stereocenters. The molecule has 5 rings (SSSR count). The summed E-state index contributed by atoms with van der Waals surface area (Å²) in [5.41, 5.74) is 18.4. The molecule has 1 saturated heterocycles. The third-order valence-electron chi connectivity index (χ3n) is 20.9. The first kappa shape index (κ1) is 102. The molecule has 0 radical (unpaired) electrons. The van der Waals surface area contributed by atoms with Crippen LogP contribution in [0.15, 0.2) is 91.4 Å². The number of primary amides is 2. The number of likely N-dealkylation sites (tertiary alicyclic amines) is 1. The Morgan fingerprint density at radius 1 is 0.476 bits per heavy atom. The van der Waals surface area contributed by atoms with Gasteiger partial charge in [-0.15, -0.1) is 0 Å². The Balaban J connectivity index is 1.34. The van der Waals surface area contributed by atoms with Gasteiger partial charge in [-0.1, -0.05) is 109 Å². The molecule has 17 atom stereocenters. The van der Waals surface area contributed by atoms with Crippen LogP contribution in [0.2, 0.25) is 0 Å². The van der Waals surface area contributed by atoms with Crippen LogP contribution in [-0.4, -0.2) is 252 Å². The molecule has 1 aliphatic heterocycles. The van der Waals surface area contributed by atoms with Crippen LogP contribution in [0.4, 0.5) is 0 Å². The number of aliphatic hydroxyl groups is 1. The number of aliphatic hydroxyl groups excluding tert-OH is 1. The van der Waals surface area contributed by atoms with Crippen molar-refractivity contribution in [2.24, 2.45) is 35.0 Å². The Kier molecular flexibility index (Phi) is 42.0. The molecular weight excluding hydrogens is 1630 g/mol. The summed E-state index contributed by atoms with van der Waals surface area (Å²) in [7, 11) is 0. The summed E-state index contributed by atoms with van der Waals surface area (Å²) in [4.78, 5) is 245. The molecule has 40 nitrogen and oxygen atoms in total. The molecule has 1 aliphatic rings. The van der Waals surface area contributed by atoms with E-state index in [1.807, 2.05) is 0 Å². The summed E-state index contributed by atoms with van der Waals surface area (Å²) in [6, 6.07) is -1.89. The smallest absolute Gasteiger partial charge is 0.326 e. The number of imidazole rings is 1. The second-order valence-corrected chi connectivity index (χ2v) is 32.4. The summed E-state index contributed by atoms with van der Waals surface area (Å²) in [6.07, 6.45) is 2.36. The highest BCUT2D eigenvalue weighted by molar-refractivity contribution is 7.98. The van der Waals surface area contributed by atoms with Gasteiger partial charge >= 0.3 is 5.97 Å². The van der Waals surface area contributed by atoms with E-state index in [4.69, 9.17) is 17.2 Å². The van der Waals surface area contributed by atoms with Gasteiger partial charge in [-0.25, -0.2) is 9.78 Å². The topological polar surface area (TPSA) is 637 Å².